The Bertz CT molecular complexity index is 1070. The van der Waals surface area contributed by atoms with E-state index < -0.39 is 29.4 Å². The number of fused-ring (bicyclic) bond motifs is 4. The second-order valence-corrected chi connectivity index (χ2v) is 10.2. The van der Waals surface area contributed by atoms with Crippen LogP contribution in [-0.2, 0) is 4.74 Å². The molecule has 3 aliphatic rings. The lowest BCUT2D eigenvalue weighted by Gasteiger charge is -2.63. The highest BCUT2D eigenvalue weighted by molar-refractivity contribution is 5.59. The Labute approximate surface area is 187 Å². The second-order valence-electron chi connectivity index (χ2n) is 10.2. The summed E-state index contributed by atoms with van der Waals surface area (Å²) in [4.78, 5) is 17.1. The third-order valence-corrected chi connectivity index (χ3v) is 8.64. The van der Waals surface area contributed by atoms with Crippen LogP contribution in [0.4, 0.5) is 0 Å². The van der Waals surface area contributed by atoms with Gasteiger partial charge in [0.05, 0.1) is 18.3 Å². The number of aliphatic hydroxyl groups is 2. The summed E-state index contributed by atoms with van der Waals surface area (Å²) in [7, 11) is 1.73. The maximum Gasteiger partial charge on any atom is 0.345 e. The average molecular weight is 442 g/mol. The first-order chi connectivity index (χ1) is 15.2. The van der Waals surface area contributed by atoms with Crippen LogP contribution in [0, 0.1) is 23.2 Å². The van der Waals surface area contributed by atoms with Crippen LogP contribution < -0.4 is 10.4 Å². The Morgan fingerprint density at radius 3 is 2.75 bits per heavy atom. The van der Waals surface area contributed by atoms with Crippen molar-refractivity contribution < 1.29 is 24.1 Å². The molecular formula is C25H31NO6. The van der Waals surface area contributed by atoms with E-state index in [1.807, 2.05) is 6.92 Å². The predicted molar refractivity (Wildman–Crippen MR) is 117 cm³/mol. The Morgan fingerprint density at radius 2 is 2.06 bits per heavy atom. The third-order valence-electron chi connectivity index (χ3n) is 8.64. The smallest absolute Gasteiger partial charge is 0.345 e. The fourth-order valence-electron chi connectivity index (χ4n) is 6.99. The van der Waals surface area contributed by atoms with Gasteiger partial charge in [0.15, 0.2) is 0 Å². The minimum Gasteiger partial charge on any atom is -0.484 e. The quantitative estimate of drug-likeness (QED) is 0.737. The standard InChI is InChI=1S/C25H31NO6/c1-13-15-10-19(27)25(3)22(24(15,2)8-7-16(13)30-4)21(28)20-18(32-25)11-17(31-23(20)29)14-6-5-9-26-12-14/h5-6,9,11-13,15-16,19,21-22,27-28H,7-8,10H2,1-4H3. The molecule has 0 amide bonds. The summed E-state index contributed by atoms with van der Waals surface area (Å²) in [5.74, 6) is 0.487. The number of ether oxygens (including phenoxy) is 2. The topological polar surface area (TPSA) is 102 Å². The Morgan fingerprint density at radius 1 is 1.28 bits per heavy atom. The molecule has 2 aromatic heterocycles. The molecule has 2 fully saturated rings. The summed E-state index contributed by atoms with van der Waals surface area (Å²) in [6.07, 6.45) is 3.71. The van der Waals surface area contributed by atoms with Gasteiger partial charge in [0.2, 0.25) is 0 Å². The molecule has 0 aromatic carbocycles. The summed E-state index contributed by atoms with van der Waals surface area (Å²) in [5.41, 5.74) is -1.20. The zero-order chi connectivity index (χ0) is 22.8. The van der Waals surface area contributed by atoms with Gasteiger partial charge < -0.3 is 24.1 Å². The molecule has 8 unspecified atom stereocenters. The highest BCUT2D eigenvalue weighted by atomic mass is 16.5. The molecule has 1 aliphatic heterocycles. The molecule has 0 saturated heterocycles. The first-order valence-corrected chi connectivity index (χ1v) is 11.4. The molecule has 2 aliphatic carbocycles. The van der Waals surface area contributed by atoms with Gasteiger partial charge in [0, 0.05) is 37.1 Å². The van der Waals surface area contributed by atoms with Gasteiger partial charge in [-0.3, -0.25) is 4.98 Å². The molecule has 172 valence electrons. The number of aromatic nitrogens is 1. The molecule has 8 atom stereocenters. The van der Waals surface area contributed by atoms with E-state index in [1.54, 1.807) is 37.7 Å². The molecule has 2 N–H and O–H groups in total. The maximum atomic E-state index is 13.0. The molecule has 0 bridgehead atoms. The number of nitrogens with zero attached hydrogens (tertiary/aromatic N) is 1. The number of rotatable bonds is 2. The van der Waals surface area contributed by atoms with Crippen LogP contribution in [0.25, 0.3) is 11.3 Å². The van der Waals surface area contributed by atoms with E-state index in [4.69, 9.17) is 13.9 Å². The molecule has 2 saturated carbocycles. The first kappa shape index (κ1) is 21.6. The van der Waals surface area contributed by atoms with Crippen molar-refractivity contribution in [3.63, 3.8) is 0 Å². The number of aliphatic hydroxyl groups excluding tert-OH is 2. The van der Waals surface area contributed by atoms with Crippen LogP contribution in [0.5, 0.6) is 5.75 Å². The molecule has 7 nitrogen and oxygen atoms in total. The Balaban J connectivity index is 1.62. The van der Waals surface area contributed by atoms with Crippen molar-refractivity contribution in [3.05, 3.63) is 46.6 Å². The van der Waals surface area contributed by atoms with Crippen LogP contribution in [-0.4, -0.2) is 40.1 Å². The second kappa shape index (κ2) is 7.40. The molecule has 32 heavy (non-hydrogen) atoms. The molecule has 0 radical (unpaired) electrons. The van der Waals surface area contributed by atoms with E-state index in [2.05, 4.69) is 18.8 Å². The fraction of sp³-hybridized carbons (Fsp3) is 0.600. The maximum absolute atomic E-state index is 13.0. The summed E-state index contributed by atoms with van der Waals surface area (Å²) in [6, 6.07) is 5.17. The Kier molecular flexibility index (Phi) is 5.00. The molecule has 5 rings (SSSR count). The molecule has 0 spiro atoms. The number of pyridine rings is 1. The number of methoxy groups -OCH3 is 1. The summed E-state index contributed by atoms with van der Waals surface area (Å²) < 4.78 is 17.7. The van der Waals surface area contributed by atoms with Crippen molar-refractivity contribution in [2.24, 2.45) is 23.2 Å². The van der Waals surface area contributed by atoms with Crippen LogP contribution in [0.15, 0.2) is 39.8 Å². The normalized spacial score (nSPS) is 40.6. The van der Waals surface area contributed by atoms with Crippen molar-refractivity contribution in [2.75, 3.05) is 7.11 Å². The zero-order valence-corrected chi connectivity index (χ0v) is 18.9. The van der Waals surface area contributed by atoms with Crippen LogP contribution in [0.3, 0.4) is 0 Å². The highest BCUT2D eigenvalue weighted by Gasteiger charge is 2.66. The van der Waals surface area contributed by atoms with Crippen LogP contribution >= 0.6 is 0 Å². The van der Waals surface area contributed by atoms with Gasteiger partial charge in [0.1, 0.15) is 22.7 Å². The molecule has 7 heteroatoms. The summed E-state index contributed by atoms with van der Waals surface area (Å²) in [5, 5.41) is 22.9. The van der Waals surface area contributed by atoms with E-state index in [1.165, 1.54) is 0 Å². The van der Waals surface area contributed by atoms with Gasteiger partial charge in [-0.15, -0.1) is 0 Å². The van der Waals surface area contributed by atoms with Gasteiger partial charge in [-0.1, -0.05) is 13.8 Å². The minimum absolute atomic E-state index is 0.116. The van der Waals surface area contributed by atoms with E-state index >= 15 is 0 Å². The van der Waals surface area contributed by atoms with E-state index in [0.717, 1.165) is 12.8 Å². The van der Waals surface area contributed by atoms with E-state index in [0.29, 0.717) is 17.7 Å². The molecular weight excluding hydrogens is 410 g/mol. The lowest BCUT2D eigenvalue weighted by molar-refractivity contribution is -0.243. The van der Waals surface area contributed by atoms with Crippen molar-refractivity contribution >= 4 is 0 Å². The highest BCUT2D eigenvalue weighted by Crippen LogP contribution is 2.64. The zero-order valence-electron chi connectivity index (χ0n) is 18.9. The van der Waals surface area contributed by atoms with Crippen molar-refractivity contribution in [1.82, 2.24) is 4.98 Å². The van der Waals surface area contributed by atoms with E-state index in [9.17, 15) is 15.0 Å². The minimum atomic E-state index is -1.10. The lowest BCUT2D eigenvalue weighted by atomic mass is 9.46. The average Bonchev–Trinajstić information content (AvgIpc) is 2.76. The first-order valence-electron chi connectivity index (χ1n) is 11.4. The van der Waals surface area contributed by atoms with Gasteiger partial charge in [-0.2, -0.15) is 0 Å². The van der Waals surface area contributed by atoms with Gasteiger partial charge in [-0.05, 0) is 55.6 Å². The van der Waals surface area contributed by atoms with E-state index in [-0.39, 0.29) is 34.7 Å². The monoisotopic (exact) mass is 441 g/mol. The van der Waals surface area contributed by atoms with Crippen LogP contribution in [0.1, 0.15) is 51.7 Å². The summed E-state index contributed by atoms with van der Waals surface area (Å²) >= 11 is 0. The Hall–Kier alpha value is -2.22. The summed E-state index contributed by atoms with van der Waals surface area (Å²) in [6.45, 7) is 6.18. The fourth-order valence-corrected chi connectivity index (χ4v) is 6.99. The predicted octanol–water partition coefficient (Wildman–Crippen LogP) is 3.33. The lowest BCUT2D eigenvalue weighted by Crippen LogP contribution is -2.68. The van der Waals surface area contributed by atoms with Gasteiger partial charge >= 0.3 is 5.63 Å². The van der Waals surface area contributed by atoms with Crippen LogP contribution in [0.2, 0.25) is 0 Å². The molecule has 3 heterocycles. The largest absolute Gasteiger partial charge is 0.484 e. The van der Waals surface area contributed by atoms with Crippen molar-refractivity contribution in [1.29, 1.82) is 0 Å². The SMILES string of the molecule is COC1CCC2(C)C(CC(O)C3(C)Oc4cc(-c5cccnc5)oc(=O)c4C(O)C23)C1C. The van der Waals surface area contributed by atoms with Gasteiger partial charge in [0.25, 0.3) is 0 Å². The van der Waals surface area contributed by atoms with Crippen molar-refractivity contribution in [2.45, 2.75) is 63.9 Å². The van der Waals surface area contributed by atoms with Crippen molar-refractivity contribution in [3.8, 4) is 17.1 Å². The number of hydrogen-bond acceptors (Lipinski definition) is 7. The third kappa shape index (κ3) is 2.91. The van der Waals surface area contributed by atoms with Gasteiger partial charge in [-0.25, -0.2) is 4.79 Å². The number of hydrogen-bond donors (Lipinski definition) is 2. The molecule has 2 aromatic rings.